The van der Waals surface area contributed by atoms with Gasteiger partial charge in [-0.2, -0.15) is 0 Å². The lowest BCUT2D eigenvalue weighted by atomic mass is 10.2. The molecular weight excluding hydrogens is 278 g/mol. The van der Waals surface area contributed by atoms with Crippen molar-refractivity contribution >= 4 is 23.1 Å². The number of hydrogen-bond acceptors (Lipinski definition) is 5. The third kappa shape index (κ3) is 3.17. The van der Waals surface area contributed by atoms with Crippen LogP contribution < -0.4 is 21.3 Å². The number of hydrogen-bond donors (Lipinski definition) is 3. The number of nitrogen functional groups attached to an aromatic ring is 1. The number of aromatic nitrogens is 1. The van der Waals surface area contributed by atoms with Crippen LogP contribution >= 0.6 is 0 Å². The number of pyridine rings is 1. The summed E-state index contributed by atoms with van der Waals surface area (Å²) in [5.74, 6) is 0.689. The molecule has 0 unspecified atom stereocenters. The van der Waals surface area contributed by atoms with Gasteiger partial charge in [0, 0.05) is 32.4 Å². The first-order valence-electron chi connectivity index (χ1n) is 7.31. The fourth-order valence-corrected chi connectivity index (χ4v) is 2.41. The molecule has 1 aromatic carbocycles. The van der Waals surface area contributed by atoms with E-state index in [1.807, 2.05) is 18.2 Å². The Hall–Kier alpha value is -2.60. The van der Waals surface area contributed by atoms with Crippen molar-refractivity contribution in [1.82, 2.24) is 10.3 Å². The summed E-state index contributed by atoms with van der Waals surface area (Å²) in [6.45, 7) is 3.77. The van der Waals surface area contributed by atoms with Gasteiger partial charge in [0.15, 0.2) is 0 Å². The molecule has 1 aliphatic rings. The number of para-hydroxylation sites is 2. The second-order valence-electron chi connectivity index (χ2n) is 5.18. The van der Waals surface area contributed by atoms with Crippen molar-refractivity contribution in [1.29, 1.82) is 0 Å². The number of anilines is 3. The molecule has 114 valence electrons. The smallest absolute Gasteiger partial charge is 0.257 e. The Morgan fingerprint density at radius 2 is 1.95 bits per heavy atom. The monoisotopic (exact) mass is 297 g/mol. The standard InChI is InChI=1S/C16H19N5O/c17-13-3-1-2-4-14(13)20-16(22)12-5-6-15(19-11-12)21-9-7-18-8-10-21/h1-6,11,18H,7-10,17H2,(H,20,22). The van der Waals surface area contributed by atoms with Gasteiger partial charge in [0.05, 0.1) is 16.9 Å². The zero-order chi connectivity index (χ0) is 15.4. The molecule has 1 aliphatic heterocycles. The van der Waals surface area contributed by atoms with Crippen LogP contribution in [0.5, 0.6) is 0 Å². The maximum absolute atomic E-state index is 12.2. The summed E-state index contributed by atoms with van der Waals surface area (Å²) < 4.78 is 0. The van der Waals surface area contributed by atoms with Crippen LogP contribution in [0.3, 0.4) is 0 Å². The second-order valence-corrected chi connectivity index (χ2v) is 5.18. The molecule has 22 heavy (non-hydrogen) atoms. The maximum atomic E-state index is 12.2. The van der Waals surface area contributed by atoms with Gasteiger partial charge in [-0.15, -0.1) is 0 Å². The van der Waals surface area contributed by atoms with Crippen LogP contribution in [0.25, 0.3) is 0 Å². The molecule has 0 bridgehead atoms. The van der Waals surface area contributed by atoms with E-state index in [1.165, 1.54) is 0 Å². The highest BCUT2D eigenvalue weighted by atomic mass is 16.1. The minimum atomic E-state index is -0.211. The van der Waals surface area contributed by atoms with Gasteiger partial charge in [-0.05, 0) is 24.3 Å². The molecule has 0 radical (unpaired) electrons. The average molecular weight is 297 g/mol. The van der Waals surface area contributed by atoms with Crippen LogP contribution in [-0.4, -0.2) is 37.1 Å². The minimum absolute atomic E-state index is 0.211. The molecule has 2 aromatic rings. The van der Waals surface area contributed by atoms with Crippen LogP contribution in [-0.2, 0) is 0 Å². The van der Waals surface area contributed by atoms with Crippen molar-refractivity contribution in [2.45, 2.75) is 0 Å². The predicted molar refractivity (Wildman–Crippen MR) is 88.1 cm³/mol. The van der Waals surface area contributed by atoms with Gasteiger partial charge >= 0.3 is 0 Å². The lowest BCUT2D eigenvalue weighted by molar-refractivity contribution is 0.102. The van der Waals surface area contributed by atoms with Crippen LogP contribution in [0.1, 0.15) is 10.4 Å². The average Bonchev–Trinajstić information content (AvgIpc) is 2.58. The molecule has 1 aromatic heterocycles. The summed E-state index contributed by atoms with van der Waals surface area (Å²) in [4.78, 5) is 18.8. The summed E-state index contributed by atoms with van der Waals surface area (Å²) in [7, 11) is 0. The van der Waals surface area contributed by atoms with Gasteiger partial charge in [-0.1, -0.05) is 12.1 Å². The first-order chi connectivity index (χ1) is 10.7. The normalized spacial score (nSPS) is 14.6. The second kappa shape index (κ2) is 6.44. The van der Waals surface area contributed by atoms with E-state index in [2.05, 4.69) is 20.5 Å². The van der Waals surface area contributed by atoms with Crippen molar-refractivity contribution in [2.75, 3.05) is 42.1 Å². The number of rotatable bonds is 3. The first-order valence-corrected chi connectivity index (χ1v) is 7.31. The topological polar surface area (TPSA) is 83.3 Å². The van der Waals surface area contributed by atoms with Gasteiger partial charge in [0.2, 0.25) is 0 Å². The number of benzene rings is 1. The minimum Gasteiger partial charge on any atom is -0.397 e. The van der Waals surface area contributed by atoms with Crippen LogP contribution in [0, 0.1) is 0 Å². The summed E-state index contributed by atoms with van der Waals surface area (Å²) in [5, 5.41) is 6.10. The number of nitrogens with zero attached hydrogens (tertiary/aromatic N) is 2. The molecule has 0 spiro atoms. The van der Waals surface area contributed by atoms with Crippen molar-refractivity contribution in [2.24, 2.45) is 0 Å². The highest BCUT2D eigenvalue weighted by Crippen LogP contribution is 2.18. The summed E-state index contributed by atoms with van der Waals surface area (Å²) in [5.41, 5.74) is 7.49. The first kappa shape index (κ1) is 14.3. The number of nitrogens with one attached hydrogen (secondary N) is 2. The lowest BCUT2D eigenvalue weighted by Crippen LogP contribution is -2.43. The van der Waals surface area contributed by atoms with E-state index in [-0.39, 0.29) is 5.91 Å². The molecular formula is C16H19N5O. The Kier molecular flexibility index (Phi) is 4.20. The van der Waals surface area contributed by atoms with Crippen molar-refractivity contribution in [3.05, 3.63) is 48.2 Å². The summed E-state index contributed by atoms with van der Waals surface area (Å²) in [6, 6.07) is 10.9. The van der Waals surface area contributed by atoms with Gasteiger partial charge in [-0.3, -0.25) is 4.79 Å². The molecule has 0 aliphatic carbocycles. The van der Waals surface area contributed by atoms with Crippen LogP contribution in [0.4, 0.5) is 17.2 Å². The number of carbonyl (C=O) groups is 1. The zero-order valence-electron chi connectivity index (χ0n) is 12.2. The highest BCUT2D eigenvalue weighted by Gasteiger charge is 2.13. The van der Waals surface area contributed by atoms with E-state index < -0.39 is 0 Å². The van der Waals surface area contributed by atoms with Crippen molar-refractivity contribution < 1.29 is 4.79 Å². The zero-order valence-corrected chi connectivity index (χ0v) is 12.2. The largest absolute Gasteiger partial charge is 0.397 e. The molecule has 6 nitrogen and oxygen atoms in total. The van der Waals surface area contributed by atoms with Crippen LogP contribution in [0.15, 0.2) is 42.6 Å². The molecule has 0 saturated carbocycles. The third-order valence-electron chi connectivity index (χ3n) is 3.66. The van der Waals surface area contributed by atoms with Crippen LogP contribution in [0.2, 0.25) is 0 Å². The summed E-state index contributed by atoms with van der Waals surface area (Å²) in [6.07, 6.45) is 1.60. The van der Waals surface area contributed by atoms with Crippen molar-refractivity contribution in [3.63, 3.8) is 0 Å². The quantitative estimate of drug-likeness (QED) is 0.744. The Morgan fingerprint density at radius 3 is 2.64 bits per heavy atom. The molecule has 6 heteroatoms. The highest BCUT2D eigenvalue weighted by molar-refractivity contribution is 6.05. The fourth-order valence-electron chi connectivity index (χ4n) is 2.41. The molecule has 1 fully saturated rings. The molecule has 4 N–H and O–H groups in total. The number of carbonyl (C=O) groups excluding carboxylic acids is 1. The predicted octanol–water partition coefficient (Wildman–Crippen LogP) is 1.33. The lowest BCUT2D eigenvalue weighted by Gasteiger charge is -2.28. The number of piperazine rings is 1. The van der Waals surface area contributed by atoms with Gasteiger partial charge in [-0.25, -0.2) is 4.98 Å². The SMILES string of the molecule is Nc1ccccc1NC(=O)c1ccc(N2CCNCC2)nc1. The molecule has 2 heterocycles. The number of nitrogens with two attached hydrogens (primary N) is 1. The maximum Gasteiger partial charge on any atom is 0.257 e. The molecule has 0 atom stereocenters. The van der Waals surface area contributed by atoms with Gasteiger partial charge in [0.25, 0.3) is 5.91 Å². The number of amides is 1. The van der Waals surface area contributed by atoms with E-state index >= 15 is 0 Å². The van der Waals surface area contributed by atoms with Gasteiger partial charge in [0.1, 0.15) is 5.82 Å². The van der Waals surface area contributed by atoms with Gasteiger partial charge < -0.3 is 21.3 Å². The van der Waals surface area contributed by atoms with Crippen molar-refractivity contribution in [3.8, 4) is 0 Å². The summed E-state index contributed by atoms with van der Waals surface area (Å²) >= 11 is 0. The van der Waals surface area contributed by atoms with E-state index in [4.69, 9.17) is 5.73 Å². The molecule has 1 saturated heterocycles. The molecule has 1 amide bonds. The molecule has 3 rings (SSSR count). The third-order valence-corrected chi connectivity index (χ3v) is 3.66. The Labute approximate surface area is 129 Å². The van der Waals surface area contributed by atoms with E-state index in [0.717, 1.165) is 32.0 Å². The van der Waals surface area contributed by atoms with E-state index in [0.29, 0.717) is 16.9 Å². The Bertz CT molecular complexity index is 650. The van der Waals surface area contributed by atoms with E-state index in [9.17, 15) is 4.79 Å². The Balaban J connectivity index is 1.69. The fraction of sp³-hybridized carbons (Fsp3) is 0.250. The van der Waals surface area contributed by atoms with E-state index in [1.54, 1.807) is 24.4 Å². The Morgan fingerprint density at radius 1 is 1.18 bits per heavy atom.